The van der Waals surface area contributed by atoms with E-state index in [1.807, 2.05) is 12.2 Å². The summed E-state index contributed by atoms with van der Waals surface area (Å²) in [6, 6.07) is 0. The van der Waals surface area contributed by atoms with Gasteiger partial charge in [-0.25, -0.2) is 0 Å². The largest absolute Gasteiger partial charge is 0.462 e. The molecule has 0 amide bonds. The lowest BCUT2D eigenvalue weighted by Crippen LogP contribution is -2.59. The number of unbranched alkanes of at least 4 members (excludes halogenated alkanes) is 15. The maximum absolute atomic E-state index is 12.8. The van der Waals surface area contributed by atoms with Gasteiger partial charge < -0.3 is 39.4 Å². The normalized spacial score (nSPS) is 20.3. The molecule has 0 spiro atoms. The van der Waals surface area contributed by atoms with E-state index >= 15 is 0 Å². The number of carbonyl (C=O) groups excluding carboxylic acids is 2. The summed E-state index contributed by atoms with van der Waals surface area (Å²) < 4.78 is 22.1. The Bertz CT molecular complexity index is 1300. The van der Waals surface area contributed by atoms with Crippen LogP contribution in [0, 0.1) is 0 Å². The third kappa shape index (κ3) is 34.0. The second-order valence-electron chi connectivity index (χ2n) is 16.5. The average molecular weight is 885 g/mol. The van der Waals surface area contributed by atoms with E-state index in [2.05, 4.69) is 86.8 Å². The van der Waals surface area contributed by atoms with Crippen molar-refractivity contribution in [1.29, 1.82) is 0 Å². The van der Waals surface area contributed by atoms with Crippen LogP contribution in [0.4, 0.5) is 0 Å². The second kappa shape index (κ2) is 42.8. The summed E-state index contributed by atoms with van der Waals surface area (Å²) in [6.45, 7) is 3.23. The molecule has 6 atom stereocenters. The molecular weight excluding hydrogens is 797 g/mol. The molecule has 0 bridgehead atoms. The van der Waals surface area contributed by atoms with Gasteiger partial charge in [0.25, 0.3) is 0 Å². The first kappa shape index (κ1) is 57.9. The van der Waals surface area contributed by atoms with Crippen molar-refractivity contribution >= 4 is 11.9 Å². The molecule has 1 heterocycles. The van der Waals surface area contributed by atoms with E-state index in [4.69, 9.17) is 18.9 Å². The molecule has 63 heavy (non-hydrogen) atoms. The summed E-state index contributed by atoms with van der Waals surface area (Å²) in [6.07, 6.45) is 48.9. The van der Waals surface area contributed by atoms with Crippen LogP contribution in [-0.2, 0) is 28.5 Å². The molecule has 0 aromatic heterocycles. The van der Waals surface area contributed by atoms with Gasteiger partial charge in [-0.3, -0.25) is 9.59 Å². The summed E-state index contributed by atoms with van der Waals surface area (Å²) in [5.74, 6) is -0.911. The van der Waals surface area contributed by atoms with Crippen molar-refractivity contribution in [3.05, 3.63) is 85.1 Å². The van der Waals surface area contributed by atoms with Crippen LogP contribution in [0.15, 0.2) is 85.1 Å². The Balaban J connectivity index is 2.35. The van der Waals surface area contributed by atoms with Crippen LogP contribution in [0.1, 0.15) is 181 Å². The lowest BCUT2D eigenvalue weighted by molar-refractivity contribution is -0.305. The predicted octanol–water partition coefficient (Wildman–Crippen LogP) is 11.3. The molecule has 1 fully saturated rings. The van der Waals surface area contributed by atoms with Gasteiger partial charge in [-0.2, -0.15) is 0 Å². The van der Waals surface area contributed by atoms with Crippen molar-refractivity contribution in [2.75, 3.05) is 19.8 Å². The fourth-order valence-corrected chi connectivity index (χ4v) is 6.91. The van der Waals surface area contributed by atoms with E-state index < -0.39 is 55.4 Å². The highest BCUT2D eigenvalue weighted by atomic mass is 16.7. The van der Waals surface area contributed by atoms with E-state index in [-0.39, 0.29) is 26.1 Å². The Morgan fingerprint density at radius 2 is 0.968 bits per heavy atom. The minimum absolute atomic E-state index is 0.101. The third-order valence-corrected chi connectivity index (χ3v) is 10.8. The Morgan fingerprint density at radius 3 is 1.48 bits per heavy atom. The van der Waals surface area contributed by atoms with E-state index in [9.17, 15) is 30.0 Å². The van der Waals surface area contributed by atoms with Gasteiger partial charge in [0.15, 0.2) is 12.4 Å². The highest BCUT2D eigenvalue weighted by Crippen LogP contribution is 2.22. The number of aliphatic hydroxyl groups excluding tert-OH is 4. The molecule has 0 aliphatic carbocycles. The van der Waals surface area contributed by atoms with Gasteiger partial charge in [0, 0.05) is 12.8 Å². The Hall–Kier alpha value is -3.12. The highest BCUT2D eigenvalue weighted by Gasteiger charge is 2.44. The molecule has 360 valence electrons. The number of aliphatic hydroxyl groups is 4. The van der Waals surface area contributed by atoms with Gasteiger partial charge in [-0.1, -0.05) is 176 Å². The molecule has 6 unspecified atom stereocenters. The van der Waals surface area contributed by atoms with E-state index in [1.165, 1.54) is 83.5 Å². The highest BCUT2D eigenvalue weighted by molar-refractivity contribution is 5.70. The number of allylic oxidation sites excluding steroid dienone is 14. The van der Waals surface area contributed by atoms with Gasteiger partial charge >= 0.3 is 11.9 Å². The first-order valence-corrected chi connectivity index (χ1v) is 24.7. The zero-order chi connectivity index (χ0) is 45.9. The van der Waals surface area contributed by atoms with Gasteiger partial charge in [0.2, 0.25) is 0 Å². The zero-order valence-electron chi connectivity index (χ0n) is 39.3. The summed E-state index contributed by atoms with van der Waals surface area (Å²) in [7, 11) is 0. The lowest BCUT2D eigenvalue weighted by Gasteiger charge is -2.39. The molecule has 1 aliphatic heterocycles. The van der Waals surface area contributed by atoms with Crippen molar-refractivity contribution in [1.82, 2.24) is 0 Å². The van der Waals surface area contributed by atoms with Crippen molar-refractivity contribution in [3.8, 4) is 0 Å². The van der Waals surface area contributed by atoms with Crippen LogP contribution in [0.2, 0.25) is 0 Å². The maximum Gasteiger partial charge on any atom is 0.306 e. The standard InChI is InChI=1S/C53H88O10/c1-3-5-7-9-11-13-15-17-19-21-23-25-27-29-31-33-35-37-39-41-48(55)60-44-46(45-61-53-52(59)51(58)50(57)47(43-54)63-53)62-49(56)42-40-38-36-34-32-30-28-26-24-22-20-18-16-14-12-10-8-6-4-2/h6,8,12,14,17-20,24,26,30,32,36,38,46-47,50-54,57-59H,3-5,7,9-11,13,15-16,21-23,25,27-29,31,33-35,37,39-45H2,1-2H3/b8-6-,14-12-,19-17-,20-18-,26-24-,32-30-,38-36-. The molecule has 1 aliphatic rings. The van der Waals surface area contributed by atoms with Crippen LogP contribution < -0.4 is 0 Å². The monoisotopic (exact) mass is 885 g/mol. The molecule has 0 radical (unpaired) electrons. The maximum atomic E-state index is 12.8. The predicted molar refractivity (Wildman–Crippen MR) is 256 cm³/mol. The second-order valence-corrected chi connectivity index (χ2v) is 16.5. The van der Waals surface area contributed by atoms with Crippen molar-refractivity contribution in [2.24, 2.45) is 0 Å². The van der Waals surface area contributed by atoms with Crippen LogP contribution in [0.25, 0.3) is 0 Å². The van der Waals surface area contributed by atoms with Crippen LogP contribution in [0.5, 0.6) is 0 Å². The molecule has 0 aromatic carbocycles. The minimum Gasteiger partial charge on any atom is -0.462 e. The summed E-state index contributed by atoms with van der Waals surface area (Å²) in [5.41, 5.74) is 0. The van der Waals surface area contributed by atoms with Gasteiger partial charge in [0.05, 0.1) is 13.2 Å². The molecule has 10 nitrogen and oxygen atoms in total. The molecule has 0 saturated carbocycles. The summed E-state index contributed by atoms with van der Waals surface area (Å²) >= 11 is 0. The quantitative estimate of drug-likeness (QED) is 0.0266. The third-order valence-electron chi connectivity index (χ3n) is 10.8. The topological polar surface area (TPSA) is 152 Å². The van der Waals surface area contributed by atoms with Gasteiger partial charge in [-0.05, 0) is 77.0 Å². The van der Waals surface area contributed by atoms with Crippen LogP contribution in [-0.4, -0.2) is 89.0 Å². The minimum atomic E-state index is -1.61. The van der Waals surface area contributed by atoms with Gasteiger partial charge in [0.1, 0.15) is 31.0 Å². The fourth-order valence-electron chi connectivity index (χ4n) is 6.91. The van der Waals surface area contributed by atoms with Gasteiger partial charge in [-0.15, -0.1) is 0 Å². The molecule has 4 N–H and O–H groups in total. The molecule has 1 saturated heterocycles. The van der Waals surface area contributed by atoms with E-state index in [1.54, 1.807) is 0 Å². The Morgan fingerprint density at radius 1 is 0.508 bits per heavy atom. The molecular formula is C53H88O10. The number of carbonyl (C=O) groups is 2. The number of hydrogen-bond donors (Lipinski definition) is 4. The van der Waals surface area contributed by atoms with Crippen molar-refractivity contribution < 1.29 is 49.0 Å². The van der Waals surface area contributed by atoms with Crippen molar-refractivity contribution in [3.63, 3.8) is 0 Å². The summed E-state index contributed by atoms with van der Waals surface area (Å²) in [5, 5.41) is 40.2. The number of hydrogen-bond acceptors (Lipinski definition) is 10. The molecule has 1 rings (SSSR count). The summed E-state index contributed by atoms with van der Waals surface area (Å²) in [4.78, 5) is 25.4. The first-order valence-electron chi connectivity index (χ1n) is 24.7. The Kier molecular flexibility index (Phi) is 39.3. The number of rotatable bonds is 40. The SMILES string of the molecule is CC/C=C\C/C=C\C/C=C\C/C=C\C/C=C\C/C=C\CCC(=O)OC(COC(=O)CCCCCCCCCCC/C=C\CCCCCCCC)COC1OC(CO)C(O)C(O)C1O. The fraction of sp³-hybridized carbons (Fsp3) is 0.698. The number of ether oxygens (including phenoxy) is 4. The van der Waals surface area contributed by atoms with E-state index in [0.717, 1.165) is 57.8 Å². The average Bonchev–Trinajstić information content (AvgIpc) is 3.28. The molecule has 10 heteroatoms. The van der Waals surface area contributed by atoms with Crippen LogP contribution >= 0.6 is 0 Å². The lowest BCUT2D eigenvalue weighted by atomic mass is 9.99. The first-order chi connectivity index (χ1) is 30.8. The smallest absolute Gasteiger partial charge is 0.306 e. The van der Waals surface area contributed by atoms with E-state index in [0.29, 0.717) is 12.8 Å². The van der Waals surface area contributed by atoms with Crippen molar-refractivity contribution in [2.45, 2.75) is 218 Å². The molecule has 0 aromatic rings. The Labute approximate surface area is 382 Å². The number of esters is 2. The zero-order valence-corrected chi connectivity index (χ0v) is 39.3. The van der Waals surface area contributed by atoms with Crippen LogP contribution in [0.3, 0.4) is 0 Å².